The van der Waals surface area contributed by atoms with Crippen LogP contribution in [-0.4, -0.2) is 35.6 Å². The van der Waals surface area contributed by atoms with Crippen molar-refractivity contribution in [3.05, 3.63) is 0 Å². The Bertz CT molecular complexity index is 297. The number of hydrogen-bond acceptors (Lipinski definition) is 3. The second-order valence-electron chi connectivity index (χ2n) is 4.05. The summed E-state index contributed by atoms with van der Waals surface area (Å²) in [5.74, 6) is 1.50. The second kappa shape index (κ2) is 6.06. The summed E-state index contributed by atoms with van der Waals surface area (Å²) in [4.78, 5) is 12.1. The van der Waals surface area contributed by atoms with E-state index in [1.807, 2.05) is 13.8 Å². The summed E-state index contributed by atoms with van der Waals surface area (Å²) in [6.45, 7) is 4.39. The fraction of sp³-hybridized carbons (Fsp3) is 0.636. The van der Waals surface area contributed by atoms with Crippen molar-refractivity contribution >= 4 is 5.97 Å². The number of carboxylic acids is 1. The molecule has 4 nitrogen and oxygen atoms in total. The number of nitriles is 1. The van der Waals surface area contributed by atoms with Crippen LogP contribution in [0.5, 0.6) is 0 Å². The lowest BCUT2D eigenvalue weighted by atomic mass is 9.91. The van der Waals surface area contributed by atoms with Crippen LogP contribution in [0.3, 0.4) is 0 Å². The monoisotopic (exact) mass is 208 g/mol. The van der Waals surface area contributed by atoms with Crippen LogP contribution >= 0.6 is 0 Å². The first-order valence-corrected chi connectivity index (χ1v) is 4.70. The van der Waals surface area contributed by atoms with E-state index in [4.69, 9.17) is 16.8 Å². The maximum atomic E-state index is 10.5. The SMILES string of the molecule is C#CCN(CCC(C)(C)C#N)CC(=O)O. The molecular formula is C11H16N2O2. The van der Waals surface area contributed by atoms with Crippen molar-refractivity contribution in [1.29, 1.82) is 5.26 Å². The minimum atomic E-state index is -0.903. The van der Waals surface area contributed by atoms with Crippen molar-refractivity contribution in [1.82, 2.24) is 4.90 Å². The van der Waals surface area contributed by atoms with E-state index in [1.165, 1.54) is 0 Å². The molecule has 0 saturated heterocycles. The first kappa shape index (κ1) is 13.5. The molecule has 15 heavy (non-hydrogen) atoms. The number of rotatable bonds is 6. The molecule has 1 N–H and O–H groups in total. The van der Waals surface area contributed by atoms with Crippen molar-refractivity contribution in [2.75, 3.05) is 19.6 Å². The Hall–Kier alpha value is -1.52. The highest BCUT2D eigenvalue weighted by Gasteiger charge is 2.18. The first-order valence-electron chi connectivity index (χ1n) is 4.70. The van der Waals surface area contributed by atoms with Crippen molar-refractivity contribution in [3.63, 3.8) is 0 Å². The maximum absolute atomic E-state index is 10.5. The van der Waals surface area contributed by atoms with Crippen LogP contribution in [-0.2, 0) is 4.79 Å². The lowest BCUT2D eigenvalue weighted by Gasteiger charge is -2.21. The van der Waals surface area contributed by atoms with Crippen LogP contribution in [0.1, 0.15) is 20.3 Å². The predicted molar refractivity (Wildman–Crippen MR) is 56.9 cm³/mol. The van der Waals surface area contributed by atoms with Gasteiger partial charge in [0.25, 0.3) is 0 Å². The fourth-order valence-electron chi connectivity index (χ4n) is 1.03. The van der Waals surface area contributed by atoms with E-state index in [0.29, 0.717) is 19.5 Å². The van der Waals surface area contributed by atoms with Crippen molar-refractivity contribution in [2.45, 2.75) is 20.3 Å². The van der Waals surface area contributed by atoms with Gasteiger partial charge in [-0.25, -0.2) is 0 Å². The quantitative estimate of drug-likeness (QED) is 0.660. The molecule has 0 saturated carbocycles. The molecule has 0 aromatic rings. The third-order valence-electron chi connectivity index (χ3n) is 2.03. The molecule has 0 unspecified atom stereocenters. The molecule has 0 fully saturated rings. The Morgan fingerprint density at radius 2 is 2.20 bits per heavy atom. The number of aliphatic carboxylic acids is 1. The normalized spacial score (nSPS) is 10.7. The molecule has 0 atom stereocenters. The van der Waals surface area contributed by atoms with Crippen LogP contribution in [0.25, 0.3) is 0 Å². The number of nitrogens with zero attached hydrogens (tertiary/aromatic N) is 2. The molecule has 82 valence electrons. The zero-order valence-corrected chi connectivity index (χ0v) is 9.16. The summed E-state index contributed by atoms with van der Waals surface area (Å²) in [6, 6.07) is 2.17. The van der Waals surface area contributed by atoms with E-state index in [1.54, 1.807) is 4.90 Å². The topological polar surface area (TPSA) is 64.3 Å². The van der Waals surface area contributed by atoms with Gasteiger partial charge in [-0.15, -0.1) is 6.42 Å². The second-order valence-corrected chi connectivity index (χ2v) is 4.05. The molecule has 4 heteroatoms. The molecule has 0 radical (unpaired) electrons. The van der Waals surface area contributed by atoms with Crippen LogP contribution in [0, 0.1) is 29.1 Å². The Kier molecular flexibility index (Phi) is 5.44. The number of terminal acetylenes is 1. The molecule has 0 bridgehead atoms. The fourth-order valence-corrected chi connectivity index (χ4v) is 1.03. The Morgan fingerprint density at radius 1 is 1.60 bits per heavy atom. The minimum Gasteiger partial charge on any atom is -0.480 e. The Balaban J connectivity index is 4.14. The summed E-state index contributed by atoms with van der Waals surface area (Å²) in [5, 5.41) is 17.4. The van der Waals surface area contributed by atoms with Gasteiger partial charge in [0.15, 0.2) is 0 Å². The van der Waals surface area contributed by atoms with E-state index in [-0.39, 0.29) is 6.54 Å². The molecule has 0 amide bonds. The van der Waals surface area contributed by atoms with Gasteiger partial charge in [-0.2, -0.15) is 5.26 Å². The van der Waals surface area contributed by atoms with Gasteiger partial charge in [0, 0.05) is 6.54 Å². The van der Waals surface area contributed by atoms with Gasteiger partial charge in [-0.1, -0.05) is 5.92 Å². The molecule has 0 aliphatic carbocycles. The molecular weight excluding hydrogens is 192 g/mol. The maximum Gasteiger partial charge on any atom is 0.317 e. The molecule has 0 spiro atoms. The molecule has 0 aromatic carbocycles. The van der Waals surface area contributed by atoms with Crippen molar-refractivity contribution in [2.24, 2.45) is 5.41 Å². The van der Waals surface area contributed by atoms with Crippen LogP contribution in [0.15, 0.2) is 0 Å². The van der Waals surface area contributed by atoms with E-state index in [2.05, 4.69) is 12.0 Å². The van der Waals surface area contributed by atoms with Crippen LogP contribution in [0.4, 0.5) is 0 Å². The van der Waals surface area contributed by atoms with Gasteiger partial charge in [-0.3, -0.25) is 9.69 Å². The predicted octanol–water partition coefficient (Wildman–Crippen LogP) is 0.946. The average Bonchev–Trinajstić information content (AvgIpc) is 2.14. The third kappa shape index (κ3) is 6.54. The average molecular weight is 208 g/mol. The van der Waals surface area contributed by atoms with Gasteiger partial charge in [0.2, 0.25) is 0 Å². The Labute approximate surface area is 90.5 Å². The van der Waals surface area contributed by atoms with Gasteiger partial charge in [0.05, 0.1) is 24.6 Å². The van der Waals surface area contributed by atoms with Gasteiger partial charge >= 0.3 is 5.97 Å². The lowest BCUT2D eigenvalue weighted by molar-refractivity contribution is -0.138. The third-order valence-corrected chi connectivity index (χ3v) is 2.03. The molecule has 0 heterocycles. The van der Waals surface area contributed by atoms with Gasteiger partial charge in [-0.05, 0) is 20.3 Å². The number of carbonyl (C=O) groups is 1. The molecule has 0 aromatic heterocycles. The molecule has 0 rings (SSSR count). The summed E-state index contributed by atoms with van der Waals surface area (Å²) in [7, 11) is 0. The molecule has 0 aliphatic rings. The highest BCUT2D eigenvalue weighted by molar-refractivity contribution is 5.69. The smallest absolute Gasteiger partial charge is 0.317 e. The van der Waals surface area contributed by atoms with Crippen molar-refractivity contribution < 1.29 is 9.90 Å². The van der Waals surface area contributed by atoms with Crippen LogP contribution < -0.4 is 0 Å². The van der Waals surface area contributed by atoms with E-state index in [9.17, 15) is 4.79 Å². The Morgan fingerprint density at radius 3 is 2.60 bits per heavy atom. The van der Waals surface area contributed by atoms with E-state index >= 15 is 0 Å². The first-order chi connectivity index (χ1) is 6.91. The highest BCUT2D eigenvalue weighted by atomic mass is 16.4. The number of carboxylic acid groups (broad SMARTS) is 1. The summed E-state index contributed by atoms with van der Waals surface area (Å²) in [5.41, 5.74) is -0.439. The minimum absolute atomic E-state index is 0.0777. The zero-order valence-electron chi connectivity index (χ0n) is 9.16. The zero-order chi connectivity index (χ0) is 11.9. The van der Waals surface area contributed by atoms with Crippen LogP contribution in [0.2, 0.25) is 0 Å². The summed E-state index contributed by atoms with van der Waals surface area (Å²) >= 11 is 0. The number of hydrogen-bond donors (Lipinski definition) is 1. The summed E-state index contributed by atoms with van der Waals surface area (Å²) < 4.78 is 0. The molecule has 0 aliphatic heterocycles. The summed E-state index contributed by atoms with van der Waals surface area (Å²) in [6.07, 6.45) is 5.74. The van der Waals surface area contributed by atoms with E-state index in [0.717, 1.165) is 0 Å². The lowest BCUT2D eigenvalue weighted by Crippen LogP contribution is -2.33. The standard InChI is InChI=1S/C11H16N2O2/c1-4-6-13(8-10(14)15)7-5-11(2,3)9-12/h1H,5-8H2,2-3H3,(H,14,15). The van der Waals surface area contributed by atoms with Gasteiger partial charge in [0.1, 0.15) is 0 Å². The van der Waals surface area contributed by atoms with Crippen molar-refractivity contribution in [3.8, 4) is 18.4 Å². The largest absolute Gasteiger partial charge is 0.480 e. The highest BCUT2D eigenvalue weighted by Crippen LogP contribution is 2.18. The van der Waals surface area contributed by atoms with E-state index < -0.39 is 11.4 Å². The van der Waals surface area contributed by atoms with Gasteiger partial charge < -0.3 is 5.11 Å².